The second kappa shape index (κ2) is 6.90. The summed E-state index contributed by atoms with van der Waals surface area (Å²) in [7, 11) is -1.72. The lowest BCUT2D eigenvalue weighted by Gasteiger charge is -2.21. The summed E-state index contributed by atoms with van der Waals surface area (Å²) in [6.45, 7) is 0.158. The summed E-state index contributed by atoms with van der Waals surface area (Å²) < 4.78 is 16.9. The predicted octanol–water partition coefficient (Wildman–Crippen LogP) is -3.06. The molecule has 0 radical (unpaired) electrons. The van der Waals surface area contributed by atoms with Gasteiger partial charge < -0.3 is 29.4 Å². The summed E-state index contributed by atoms with van der Waals surface area (Å²) in [6.07, 6.45) is -2.44. The Kier molecular flexibility index (Phi) is 5.41. The van der Waals surface area contributed by atoms with Crippen LogP contribution < -0.4 is 16.9 Å². The van der Waals surface area contributed by atoms with Crippen LogP contribution in [0.3, 0.4) is 0 Å². The van der Waals surface area contributed by atoms with Crippen molar-refractivity contribution < 1.29 is 23.7 Å². The van der Waals surface area contributed by atoms with E-state index >= 15 is 0 Å². The molecule has 5 atom stereocenters. The first kappa shape index (κ1) is 16.5. The van der Waals surface area contributed by atoms with E-state index in [9.17, 15) is 14.8 Å². The minimum Gasteiger partial charge on any atom is -0.425 e. The molecule has 2 rings (SSSR count). The van der Waals surface area contributed by atoms with E-state index in [1.54, 1.807) is 0 Å². The van der Waals surface area contributed by atoms with E-state index in [0.29, 0.717) is 10.5 Å². The van der Waals surface area contributed by atoms with E-state index in [1.165, 1.54) is 12.3 Å². The molecule has 21 heavy (non-hydrogen) atoms. The van der Waals surface area contributed by atoms with Crippen molar-refractivity contribution >= 4 is 24.8 Å². The fourth-order valence-electron chi connectivity index (χ4n) is 2.12. The zero-order valence-corrected chi connectivity index (χ0v) is 14.1. The Hall–Kier alpha value is -0.913. The number of rotatable bonds is 5. The molecule has 1 aliphatic rings. The molecular formula is C9H17N4O6PSi. The van der Waals surface area contributed by atoms with E-state index in [-0.39, 0.29) is 12.4 Å². The molecule has 1 aromatic rings. The van der Waals surface area contributed by atoms with Crippen LogP contribution >= 0.6 is 8.53 Å². The fraction of sp³-hybridized carbons (Fsp3) is 0.556. The van der Waals surface area contributed by atoms with Gasteiger partial charge in [0.15, 0.2) is 6.23 Å². The maximum absolute atomic E-state index is 11.8. The number of aromatic nitrogens is 2. The first-order valence-electron chi connectivity index (χ1n) is 6.01. The van der Waals surface area contributed by atoms with Crippen LogP contribution in [0.2, 0.25) is 0 Å². The van der Waals surface area contributed by atoms with Crippen molar-refractivity contribution in [2.24, 2.45) is 5.50 Å². The molecule has 0 aliphatic carbocycles. The molecule has 6 N–H and O–H groups in total. The van der Waals surface area contributed by atoms with Crippen LogP contribution in [0.15, 0.2) is 17.1 Å². The van der Waals surface area contributed by atoms with Crippen molar-refractivity contribution in [1.29, 1.82) is 0 Å². The molecule has 1 aromatic heterocycles. The van der Waals surface area contributed by atoms with Gasteiger partial charge in [0, 0.05) is 6.20 Å². The monoisotopic (exact) mass is 336 g/mol. The van der Waals surface area contributed by atoms with Gasteiger partial charge in [0.25, 0.3) is 8.53 Å². The van der Waals surface area contributed by atoms with Crippen LogP contribution in [0.4, 0.5) is 5.82 Å². The molecule has 0 amide bonds. The molecule has 0 saturated carbocycles. The number of nitrogens with two attached hydrogens (primary N) is 2. The summed E-state index contributed by atoms with van der Waals surface area (Å²) in [5.41, 5.74) is 9.98. The van der Waals surface area contributed by atoms with E-state index in [0.717, 1.165) is 4.57 Å². The average molecular weight is 336 g/mol. The van der Waals surface area contributed by atoms with Crippen LogP contribution in [-0.4, -0.2) is 55.0 Å². The van der Waals surface area contributed by atoms with Crippen LogP contribution in [-0.2, 0) is 13.7 Å². The molecule has 0 aromatic carbocycles. The predicted molar refractivity (Wildman–Crippen MR) is 76.9 cm³/mol. The van der Waals surface area contributed by atoms with Crippen molar-refractivity contribution in [2.75, 3.05) is 12.3 Å². The summed E-state index contributed by atoms with van der Waals surface area (Å²) in [5.74, 6) is 0.0665. The molecule has 1 saturated heterocycles. The standard InChI is InChI=1S/C9H17N4O6PSi/c10-5-1-2-13(9(15)12-5)8-6(14)7(19-20(11)16)4(18-8)3-17-21/h1-2,4,6-8,14,16H,3,11H2,21H3,(H2,10,12,15)/t4-,6-,7-,8-,20?/m1/s1. The molecule has 0 bridgehead atoms. The van der Waals surface area contributed by atoms with Crippen molar-refractivity contribution in [3.8, 4) is 0 Å². The van der Waals surface area contributed by atoms with Crippen molar-refractivity contribution in [3.63, 3.8) is 0 Å². The summed E-state index contributed by atoms with van der Waals surface area (Å²) in [4.78, 5) is 24.6. The third kappa shape index (κ3) is 3.65. The molecule has 10 nitrogen and oxygen atoms in total. The van der Waals surface area contributed by atoms with Gasteiger partial charge >= 0.3 is 5.69 Å². The van der Waals surface area contributed by atoms with Gasteiger partial charge in [0.1, 0.15) is 34.6 Å². The lowest BCUT2D eigenvalue weighted by atomic mass is 10.1. The number of nitrogens with zero attached hydrogens (tertiary/aromatic N) is 2. The third-order valence-corrected chi connectivity index (χ3v) is 3.79. The smallest absolute Gasteiger partial charge is 0.351 e. The van der Waals surface area contributed by atoms with E-state index < -0.39 is 38.8 Å². The molecule has 1 unspecified atom stereocenters. The van der Waals surface area contributed by atoms with Crippen LogP contribution in [0.25, 0.3) is 0 Å². The molecule has 2 heterocycles. The number of aliphatic hydroxyl groups is 1. The summed E-state index contributed by atoms with van der Waals surface area (Å²) in [5, 5.41) is 10.3. The highest BCUT2D eigenvalue weighted by molar-refractivity contribution is 7.43. The number of anilines is 1. The van der Waals surface area contributed by atoms with Gasteiger partial charge in [-0.3, -0.25) is 10.1 Å². The minimum atomic E-state index is -2.18. The Morgan fingerprint density at radius 1 is 1.62 bits per heavy atom. The Bertz CT molecular complexity index is 545. The first-order chi connectivity index (χ1) is 9.93. The number of hydrogen-bond acceptors (Lipinski definition) is 9. The van der Waals surface area contributed by atoms with Gasteiger partial charge in [-0.25, -0.2) is 4.79 Å². The first-order valence-corrected chi connectivity index (χ1v) is 8.11. The lowest BCUT2D eigenvalue weighted by molar-refractivity contribution is -0.0504. The quantitative estimate of drug-likeness (QED) is 0.324. The Labute approximate surface area is 124 Å². The van der Waals surface area contributed by atoms with E-state index in [2.05, 4.69) is 4.98 Å². The SMILES string of the molecule is Nc1ccn([C@@H]2O[C@H](CO[SiH3])[C@@H](OP(N)O)[C@H]2O)c(=O)n1. The van der Waals surface area contributed by atoms with Gasteiger partial charge in [-0.15, -0.1) is 0 Å². The zero-order valence-electron chi connectivity index (χ0n) is 11.2. The van der Waals surface area contributed by atoms with E-state index in [4.69, 9.17) is 24.9 Å². The molecule has 0 spiro atoms. The average Bonchev–Trinajstić information content (AvgIpc) is 2.68. The van der Waals surface area contributed by atoms with Crippen molar-refractivity contribution in [2.45, 2.75) is 24.5 Å². The number of ether oxygens (including phenoxy) is 1. The molecule has 118 valence electrons. The zero-order chi connectivity index (χ0) is 15.6. The van der Waals surface area contributed by atoms with Gasteiger partial charge in [0.2, 0.25) is 0 Å². The van der Waals surface area contributed by atoms with Gasteiger partial charge in [-0.05, 0) is 6.07 Å². The third-order valence-electron chi connectivity index (χ3n) is 3.00. The number of nitrogen functional groups attached to an aromatic ring is 1. The molecule has 1 aliphatic heterocycles. The Balaban J connectivity index is 2.26. The highest BCUT2D eigenvalue weighted by atomic mass is 31.2. The molecule has 1 fully saturated rings. The topological polar surface area (TPSA) is 155 Å². The normalized spacial score (nSPS) is 30.6. The minimum absolute atomic E-state index is 0.0665. The van der Waals surface area contributed by atoms with Crippen molar-refractivity contribution in [1.82, 2.24) is 9.55 Å². The van der Waals surface area contributed by atoms with Crippen LogP contribution in [0.5, 0.6) is 0 Å². The molecular weight excluding hydrogens is 319 g/mol. The maximum atomic E-state index is 11.8. The van der Waals surface area contributed by atoms with Crippen molar-refractivity contribution in [3.05, 3.63) is 22.7 Å². The lowest BCUT2D eigenvalue weighted by Crippen LogP contribution is -2.37. The van der Waals surface area contributed by atoms with Gasteiger partial charge in [-0.1, -0.05) is 0 Å². The number of aliphatic hydroxyl groups excluding tert-OH is 1. The van der Waals surface area contributed by atoms with E-state index in [1.807, 2.05) is 0 Å². The molecule has 12 heteroatoms. The second-order valence-corrected chi connectivity index (χ2v) is 5.82. The summed E-state index contributed by atoms with van der Waals surface area (Å²) in [6, 6.07) is 1.41. The number of hydrogen-bond donors (Lipinski definition) is 4. The highest BCUT2D eigenvalue weighted by Gasteiger charge is 2.46. The highest BCUT2D eigenvalue weighted by Crippen LogP contribution is 2.36. The Morgan fingerprint density at radius 2 is 2.33 bits per heavy atom. The van der Waals surface area contributed by atoms with Crippen LogP contribution in [0, 0.1) is 0 Å². The summed E-state index contributed by atoms with van der Waals surface area (Å²) >= 11 is 0. The van der Waals surface area contributed by atoms with Crippen LogP contribution in [0.1, 0.15) is 6.23 Å². The largest absolute Gasteiger partial charge is 0.425 e. The second-order valence-electron chi connectivity index (χ2n) is 4.43. The Morgan fingerprint density at radius 3 is 2.90 bits per heavy atom. The fourth-order valence-corrected chi connectivity index (χ4v) is 2.96. The van der Waals surface area contributed by atoms with Gasteiger partial charge in [-0.2, -0.15) is 4.98 Å². The van der Waals surface area contributed by atoms with Gasteiger partial charge in [0.05, 0.1) is 6.61 Å². The maximum Gasteiger partial charge on any atom is 0.351 e.